The van der Waals surface area contributed by atoms with Crippen LogP contribution in [0.4, 0.5) is 0 Å². The highest BCUT2D eigenvalue weighted by molar-refractivity contribution is 4.90. The van der Waals surface area contributed by atoms with E-state index in [0.29, 0.717) is 0 Å². The minimum atomic E-state index is 0.742. The van der Waals surface area contributed by atoms with Crippen LogP contribution in [0.25, 0.3) is 0 Å². The number of hydrogen-bond acceptors (Lipinski definition) is 2. The van der Waals surface area contributed by atoms with Crippen LogP contribution in [0.3, 0.4) is 0 Å². The normalized spacial score (nSPS) is 38.0. The monoisotopic (exact) mass is 252 g/mol. The Kier molecular flexibility index (Phi) is 5.50. The minimum Gasteiger partial charge on any atom is -0.313 e. The molecule has 0 aromatic carbocycles. The summed E-state index contributed by atoms with van der Waals surface area (Å²) in [4.78, 5) is 2.74. The number of nitrogens with one attached hydrogen (secondary N) is 1. The van der Waals surface area contributed by atoms with Crippen LogP contribution >= 0.6 is 0 Å². The van der Waals surface area contributed by atoms with Crippen LogP contribution in [0.1, 0.15) is 65.2 Å². The lowest BCUT2D eigenvalue weighted by Crippen LogP contribution is -2.54. The first-order valence-electron chi connectivity index (χ1n) is 8.17. The molecular weight excluding hydrogens is 220 g/mol. The Morgan fingerprint density at radius 3 is 2.56 bits per heavy atom. The summed E-state index contributed by atoms with van der Waals surface area (Å²) in [6.45, 7) is 5.80. The Hall–Kier alpha value is -0.0800. The van der Waals surface area contributed by atoms with Crippen molar-refractivity contribution in [1.29, 1.82) is 0 Å². The predicted octanol–water partition coefficient (Wildman–Crippen LogP) is 3.42. The van der Waals surface area contributed by atoms with Gasteiger partial charge in [-0.3, -0.25) is 4.90 Å². The molecule has 0 saturated heterocycles. The molecule has 2 heteroatoms. The molecule has 1 N–H and O–H groups in total. The van der Waals surface area contributed by atoms with Crippen LogP contribution < -0.4 is 5.32 Å². The van der Waals surface area contributed by atoms with E-state index in [1.165, 1.54) is 51.4 Å². The molecule has 2 fully saturated rings. The number of hydrogen-bond donors (Lipinski definition) is 1. The number of likely N-dealkylation sites (N-methyl/N-ethyl adjacent to an activating group) is 2. The molecule has 4 atom stereocenters. The molecule has 2 rings (SSSR count). The highest BCUT2D eigenvalue weighted by Gasteiger charge is 2.32. The lowest BCUT2D eigenvalue weighted by Gasteiger charge is -2.44. The Labute approximate surface area is 114 Å². The number of rotatable bonds is 4. The number of nitrogens with zero attached hydrogens (tertiary/aromatic N) is 1. The first kappa shape index (κ1) is 14.3. The fourth-order valence-electron chi connectivity index (χ4n) is 4.14. The standard InChI is InChI=1S/C16H32N2/c1-4-17-15-10-5-6-11-16(15)18(3)14-9-7-8-13(2)12-14/h13-17H,4-12H2,1-3H3. The molecule has 106 valence electrons. The fourth-order valence-corrected chi connectivity index (χ4v) is 4.14. The van der Waals surface area contributed by atoms with Crippen molar-refractivity contribution in [3.05, 3.63) is 0 Å². The maximum Gasteiger partial charge on any atom is 0.0249 e. The third-order valence-corrected chi connectivity index (χ3v) is 5.20. The summed E-state index contributed by atoms with van der Waals surface area (Å²) in [5.41, 5.74) is 0. The Morgan fingerprint density at radius 2 is 1.83 bits per heavy atom. The minimum absolute atomic E-state index is 0.742. The Morgan fingerprint density at radius 1 is 1.06 bits per heavy atom. The summed E-state index contributed by atoms with van der Waals surface area (Å²) in [5, 5.41) is 3.72. The van der Waals surface area contributed by atoms with Gasteiger partial charge in [0.15, 0.2) is 0 Å². The van der Waals surface area contributed by atoms with Gasteiger partial charge >= 0.3 is 0 Å². The van der Waals surface area contributed by atoms with E-state index in [1.54, 1.807) is 0 Å². The van der Waals surface area contributed by atoms with Crippen molar-refractivity contribution < 1.29 is 0 Å². The van der Waals surface area contributed by atoms with E-state index in [9.17, 15) is 0 Å². The van der Waals surface area contributed by atoms with Gasteiger partial charge in [0, 0.05) is 18.1 Å². The van der Waals surface area contributed by atoms with E-state index in [2.05, 4.69) is 31.1 Å². The van der Waals surface area contributed by atoms with Gasteiger partial charge in [-0.25, -0.2) is 0 Å². The summed E-state index contributed by atoms with van der Waals surface area (Å²) in [5.74, 6) is 0.937. The third-order valence-electron chi connectivity index (χ3n) is 5.20. The van der Waals surface area contributed by atoms with Gasteiger partial charge in [-0.1, -0.05) is 39.5 Å². The highest BCUT2D eigenvalue weighted by atomic mass is 15.2. The smallest absolute Gasteiger partial charge is 0.0249 e. The van der Waals surface area contributed by atoms with Crippen molar-refractivity contribution in [2.45, 2.75) is 83.3 Å². The molecule has 18 heavy (non-hydrogen) atoms. The van der Waals surface area contributed by atoms with Crippen LogP contribution in [-0.2, 0) is 0 Å². The first-order chi connectivity index (χ1) is 8.72. The maximum atomic E-state index is 3.72. The van der Waals surface area contributed by atoms with E-state index in [4.69, 9.17) is 0 Å². The van der Waals surface area contributed by atoms with Gasteiger partial charge in [0.1, 0.15) is 0 Å². The van der Waals surface area contributed by atoms with Crippen molar-refractivity contribution in [1.82, 2.24) is 10.2 Å². The van der Waals surface area contributed by atoms with Crippen LogP contribution in [-0.4, -0.2) is 36.6 Å². The molecule has 2 aliphatic rings. The lowest BCUT2D eigenvalue weighted by atomic mass is 9.83. The fraction of sp³-hybridized carbons (Fsp3) is 1.00. The average molecular weight is 252 g/mol. The second-order valence-electron chi connectivity index (χ2n) is 6.61. The van der Waals surface area contributed by atoms with Gasteiger partial charge in [-0.2, -0.15) is 0 Å². The zero-order valence-electron chi connectivity index (χ0n) is 12.6. The van der Waals surface area contributed by atoms with E-state index in [0.717, 1.165) is 30.6 Å². The lowest BCUT2D eigenvalue weighted by molar-refractivity contribution is 0.0748. The van der Waals surface area contributed by atoms with E-state index in [-0.39, 0.29) is 0 Å². The second kappa shape index (κ2) is 6.91. The second-order valence-corrected chi connectivity index (χ2v) is 6.61. The molecule has 4 unspecified atom stereocenters. The summed E-state index contributed by atoms with van der Waals surface area (Å²) in [6.07, 6.45) is 11.4. The van der Waals surface area contributed by atoms with Crippen molar-refractivity contribution in [2.24, 2.45) is 5.92 Å². The Bertz CT molecular complexity index is 239. The molecule has 0 amide bonds. The Balaban J connectivity index is 1.94. The molecule has 2 saturated carbocycles. The van der Waals surface area contributed by atoms with E-state index in [1.807, 2.05) is 0 Å². The molecule has 0 heterocycles. The van der Waals surface area contributed by atoms with Crippen LogP contribution in [0.15, 0.2) is 0 Å². The molecule has 0 spiro atoms. The molecule has 0 radical (unpaired) electrons. The largest absolute Gasteiger partial charge is 0.313 e. The SMILES string of the molecule is CCNC1CCCCC1N(C)C1CCCC(C)C1. The maximum absolute atomic E-state index is 3.72. The molecule has 2 nitrogen and oxygen atoms in total. The van der Waals surface area contributed by atoms with Crippen molar-refractivity contribution in [2.75, 3.05) is 13.6 Å². The van der Waals surface area contributed by atoms with Crippen molar-refractivity contribution >= 4 is 0 Å². The van der Waals surface area contributed by atoms with E-state index >= 15 is 0 Å². The van der Waals surface area contributed by atoms with Crippen molar-refractivity contribution in [3.8, 4) is 0 Å². The summed E-state index contributed by atoms with van der Waals surface area (Å²) < 4.78 is 0. The van der Waals surface area contributed by atoms with Crippen LogP contribution in [0, 0.1) is 5.92 Å². The highest BCUT2D eigenvalue weighted by Crippen LogP contribution is 2.31. The summed E-state index contributed by atoms with van der Waals surface area (Å²) in [6, 6.07) is 2.37. The van der Waals surface area contributed by atoms with Gasteiger partial charge in [0.05, 0.1) is 0 Å². The topological polar surface area (TPSA) is 15.3 Å². The van der Waals surface area contributed by atoms with Gasteiger partial charge in [0.2, 0.25) is 0 Å². The van der Waals surface area contributed by atoms with Crippen LogP contribution in [0.2, 0.25) is 0 Å². The van der Waals surface area contributed by atoms with Gasteiger partial charge in [-0.05, 0) is 45.2 Å². The molecular formula is C16H32N2. The van der Waals surface area contributed by atoms with Gasteiger partial charge in [-0.15, -0.1) is 0 Å². The van der Waals surface area contributed by atoms with Gasteiger partial charge < -0.3 is 5.32 Å². The third kappa shape index (κ3) is 3.48. The molecule has 0 aromatic heterocycles. The predicted molar refractivity (Wildman–Crippen MR) is 78.9 cm³/mol. The van der Waals surface area contributed by atoms with Crippen LogP contribution in [0.5, 0.6) is 0 Å². The van der Waals surface area contributed by atoms with Gasteiger partial charge in [0.25, 0.3) is 0 Å². The average Bonchev–Trinajstić information content (AvgIpc) is 2.39. The van der Waals surface area contributed by atoms with Crippen molar-refractivity contribution in [3.63, 3.8) is 0 Å². The molecule has 0 aliphatic heterocycles. The first-order valence-corrected chi connectivity index (χ1v) is 8.17. The zero-order chi connectivity index (χ0) is 13.0. The molecule has 0 aromatic rings. The summed E-state index contributed by atoms with van der Waals surface area (Å²) in [7, 11) is 2.39. The van der Waals surface area contributed by atoms with E-state index < -0.39 is 0 Å². The summed E-state index contributed by atoms with van der Waals surface area (Å²) >= 11 is 0. The zero-order valence-corrected chi connectivity index (χ0v) is 12.6. The molecule has 0 bridgehead atoms. The quantitative estimate of drug-likeness (QED) is 0.825. The molecule has 2 aliphatic carbocycles.